The maximum atomic E-state index is 12.5. The molecule has 1 aromatic heterocycles. The number of halogens is 1. The molecule has 0 fully saturated rings. The Morgan fingerprint density at radius 3 is 2.65 bits per heavy atom. The summed E-state index contributed by atoms with van der Waals surface area (Å²) in [6, 6.07) is 15.5. The highest BCUT2D eigenvalue weighted by Crippen LogP contribution is 2.25. The first-order chi connectivity index (χ1) is 12.5. The molecule has 0 saturated carbocycles. The van der Waals surface area contributed by atoms with Crippen LogP contribution in [0.25, 0.3) is 5.69 Å². The number of amides is 1. The zero-order valence-corrected chi connectivity index (χ0v) is 16.2. The number of carbonyl (C=O) groups excluding carboxylic acids is 1. The van der Waals surface area contributed by atoms with Gasteiger partial charge in [0.2, 0.25) is 5.91 Å². The molecule has 0 aliphatic heterocycles. The number of hydrogen-bond donors (Lipinski definition) is 1. The van der Waals surface area contributed by atoms with Gasteiger partial charge < -0.3 is 9.88 Å². The van der Waals surface area contributed by atoms with Gasteiger partial charge in [-0.1, -0.05) is 23.7 Å². The van der Waals surface area contributed by atoms with Crippen molar-refractivity contribution in [3.05, 3.63) is 77.8 Å². The van der Waals surface area contributed by atoms with Crippen molar-refractivity contribution in [2.45, 2.75) is 30.0 Å². The number of hydrogen-bond acceptors (Lipinski definition) is 3. The van der Waals surface area contributed by atoms with Crippen molar-refractivity contribution < 1.29 is 4.79 Å². The lowest BCUT2D eigenvalue weighted by Crippen LogP contribution is -2.33. The van der Waals surface area contributed by atoms with Crippen molar-refractivity contribution in [2.75, 3.05) is 0 Å². The van der Waals surface area contributed by atoms with Gasteiger partial charge in [0.25, 0.3) is 0 Å². The summed E-state index contributed by atoms with van der Waals surface area (Å²) in [5.41, 5.74) is 2.07. The monoisotopic (exact) mass is 385 g/mol. The van der Waals surface area contributed by atoms with E-state index in [0.717, 1.165) is 16.1 Å². The maximum absolute atomic E-state index is 12.5. The molecule has 0 radical (unpaired) electrons. The molecule has 2 atom stereocenters. The molecule has 0 bridgehead atoms. The van der Waals surface area contributed by atoms with Crippen molar-refractivity contribution in [3.63, 3.8) is 0 Å². The van der Waals surface area contributed by atoms with Gasteiger partial charge in [0, 0.05) is 28.0 Å². The molecule has 2 aromatic carbocycles. The molecule has 1 heterocycles. The summed E-state index contributed by atoms with van der Waals surface area (Å²) in [5.74, 6) is 0.00508. The first-order valence-corrected chi connectivity index (χ1v) is 9.59. The minimum absolute atomic E-state index is 0.00508. The second kappa shape index (κ2) is 8.43. The Bertz CT molecular complexity index is 865. The fourth-order valence-corrected chi connectivity index (χ4v) is 3.55. The van der Waals surface area contributed by atoms with Crippen molar-refractivity contribution in [1.29, 1.82) is 0 Å². The average Bonchev–Trinajstić information content (AvgIpc) is 3.18. The van der Waals surface area contributed by atoms with E-state index in [-0.39, 0.29) is 17.2 Å². The third-order valence-corrected chi connectivity index (χ3v) is 5.39. The highest BCUT2D eigenvalue weighted by atomic mass is 35.5. The smallest absolute Gasteiger partial charge is 0.233 e. The Kier molecular flexibility index (Phi) is 6.01. The summed E-state index contributed by atoms with van der Waals surface area (Å²) < 4.78 is 1.94. The standard InChI is InChI=1S/C20H20ClN3OS/c1-14(16-4-3-5-18(12-16)24-11-10-22-13-24)23-20(25)15(2)26-19-8-6-17(21)7-9-19/h3-15H,1-2H3,(H,23,25). The van der Waals surface area contributed by atoms with E-state index < -0.39 is 0 Å². The lowest BCUT2D eigenvalue weighted by molar-refractivity contribution is -0.120. The fourth-order valence-electron chi connectivity index (χ4n) is 2.55. The van der Waals surface area contributed by atoms with Crippen LogP contribution in [0.15, 0.2) is 72.1 Å². The van der Waals surface area contributed by atoms with Crippen molar-refractivity contribution in [3.8, 4) is 5.69 Å². The van der Waals surface area contributed by atoms with Gasteiger partial charge in [0.1, 0.15) is 0 Å². The van der Waals surface area contributed by atoms with Crippen LogP contribution >= 0.6 is 23.4 Å². The molecule has 0 spiro atoms. The Labute approximate surface area is 162 Å². The van der Waals surface area contributed by atoms with Crippen molar-refractivity contribution >= 4 is 29.3 Å². The number of rotatable bonds is 6. The molecular weight excluding hydrogens is 366 g/mol. The number of benzene rings is 2. The summed E-state index contributed by atoms with van der Waals surface area (Å²) in [6.45, 7) is 3.90. The van der Waals surface area contributed by atoms with E-state index in [2.05, 4.69) is 16.4 Å². The van der Waals surface area contributed by atoms with Crippen LogP contribution in [0.4, 0.5) is 0 Å². The predicted octanol–water partition coefficient (Wildman–Crippen LogP) is 4.88. The van der Waals surface area contributed by atoms with E-state index >= 15 is 0 Å². The third kappa shape index (κ3) is 4.68. The van der Waals surface area contributed by atoms with Gasteiger partial charge in [0.15, 0.2) is 0 Å². The van der Waals surface area contributed by atoms with Gasteiger partial charge in [-0.25, -0.2) is 4.98 Å². The third-order valence-electron chi connectivity index (χ3n) is 4.03. The lowest BCUT2D eigenvalue weighted by Gasteiger charge is -2.18. The molecule has 0 aliphatic rings. The molecule has 3 aromatic rings. The number of thioether (sulfide) groups is 1. The molecular formula is C20H20ClN3OS. The number of aromatic nitrogens is 2. The molecule has 4 nitrogen and oxygen atoms in total. The number of nitrogens with one attached hydrogen (secondary N) is 1. The van der Waals surface area contributed by atoms with Gasteiger partial charge in [-0.05, 0) is 55.8 Å². The van der Waals surface area contributed by atoms with Crippen LogP contribution in [0.3, 0.4) is 0 Å². The van der Waals surface area contributed by atoms with Crippen LogP contribution < -0.4 is 5.32 Å². The minimum Gasteiger partial charge on any atom is -0.349 e. The second-order valence-electron chi connectivity index (χ2n) is 6.01. The second-order valence-corrected chi connectivity index (χ2v) is 7.86. The summed E-state index contributed by atoms with van der Waals surface area (Å²) >= 11 is 7.42. The highest BCUT2D eigenvalue weighted by molar-refractivity contribution is 8.00. The van der Waals surface area contributed by atoms with Crippen LogP contribution in [0.1, 0.15) is 25.5 Å². The van der Waals surface area contributed by atoms with Crippen LogP contribution in [0, 0.1) is 0 Å². The van der Waals surface area contributed by atoms with E-state index in [0.29, 0.717) is 5.02 Å². The average molecular weight is 386 g/mol. The Morgan fingerprint density at radius 1 is 1.19 bits per heavy atom. The van der Waals surface area contributed by atoms with Crippen LogP contribution in [0.5, 0.6) is 0 Å². The zero-order chi connectivity index (χ0) is 18.5. The van der Waals surface area contributed by atoms with Gasteiger partial charge in [-0.2, -0.15) is 0 Å². The summed E-state index contributed by atoms with van der Waals surface area (Å²) in [6.07, 6.45) is 5.40. The predicted molar refractivity (Wildman–Crippen MR) is 107 cm³/mol. The normalized spacial score (nSPS) is 13.2. The molecule has 134 valence electrons. The molecule has 6 heteroatoms. The fraction of sp³-hybridized carbons (Fsp3) is 0.200. The molecule has 2 unspecified atom stereocenters. The van der Waals surface area contributed by atoms with E-state index in [4.69, 9.17) is 11.6 Å². The molecule has 1 N–H and O–H groups in total. The SMILES string of the molecule is CC(Sc1ccc(Cl)cc1)C(=O)NC(C)c1cccc(-n2ccnc2)c1. The van der Waals surface area contributed by atoms with E-state index in [9.17, 15) is 4.79 Å². The van der Waals surface area contributed by atoms with Crippen molar-refractivity contribution in [1.82, 2.24) is 14.9 Å². The van der Waals surface area contributed by atoms with Crippen molar-refractivity contribution in [2.24, 2.45) is 0 Å². The number of nitrogens with zero attached hydrogens (tertiary/aromatic N) is 2. The molecule has 0 saturated heterocycles. The Hall–Kier alpha value is -2.24. The Morgan fingerprint density at radius 2 is 1.96 bits per heavy atom. The highest BCUT2D eigenvalue weighted by Gasteiger charge is 2.17. The van der Waals surface area contributed by atoms with Gasteiger partial charge >= 0.3 is 0 Å². The number of carbonyl (C=O) groups is 1. The Balaban J connectivity index is 1.63. The molecule has 1 amide bonds. The molecule has 0 aliphatic carbocycles. The van der Waals surface area contributed by atoms with E-state index in [1.54, 1.807) is 12.5 Å². The van der Waals surface area contributed by atoms with Gasteiger partial charge in [-0.3, -0.25) is 4.79 Å². The van der Waals surface area contributed by atoms with Crippen LogP contribution in [-0.2, 0) is 4.79 Å². The first kappa shape index (κ1) is 18.5. The number of imidazole rings is 1. The van der Waals surface area contributed by atoms with Crippen LogP contribution in [0.2, 0.25) is 5.02 Å². The van der Waals surface area contributed by atoms with E-state index in [1.807, 2.05) is 67.1 Å². The van der Waals surface area contributed by atoms with Crippen LogP contribution in [-0.4, -0.2) is 20.7 Å². The largest absolute Gasteiger partial charge is 0.349 e. The maximum Gasteiger partial charge on any atom is 0.233 e. The summed E-state index contributed by atoms with van der Waals surface area (Å²) in [7, 11) is 0. The topological polar surface area (TPSA) is 46.9 Å². The quantitative estimate of drug-likeness (QED) is 0.615. The van der Waals surface area contributed by atoms with E-state index in [1.165, 1.54) is 11.8 Å². The first-order valence-electron chi connectivity index (χ1n) is 8.34. The minimum atomic E-state index is -0.199. The summed E-state index contributed by atoms with van der Waals surface area (Å²) in [5, 5.41) is 3.58. The molecule has 3 rings (SSSR count). The van der Waals surface area contributed by atoms with Gasteiger partial charge in [-0.15, -0.1) is 11.8 Å². The molecule has 26 heavy (non-hydrogen) atoms. The lowest BCUT2D eigenvalue weighted by atomic mass is 10.1. The van der Waals surface area contributed by atoms with Gasteiger partial charge in [0.05, 0.1) is 17.6 Å². The zero-order valence-electron chi connectivity index (χ0n) is 14.6. The summed E-state index contributed by atoms with van der Waals surface area (Å²) in [4.78, 5) is 17.6.